The molecule has 1 atom stereocenters. The van der Waals surface area contributed by atoms with Gasteiger partial charge in [-0.3, -0.25) is 19.3 Å². The van der Waals surface area contributed by atoms with Gasteiger partial charge in [0.2, 0.25) is 17.7 Å². The van der Waals surface area contributed by atoms with Gasteiger partial charge in [-0.15, -0.1) is 0 Å². The number of carbonyl (C=O) groups is 3. The predicted octanol–water partition coefficient (Wildman–Crippen LogP) is 0.648. The molecule has 0 radical (unpaired) electrons. The van der Waals surface area contributed by atoms with Gasteiger partial charge in [-0.05, 0) is 11.6 Å². The third kappa shape index (κ3) is 6.22. The van der Waals surface area contributed by atoms with Crippen LogP contribution >= 0.6 is 0 Å². The zero-order valence-corrected chi connectivity index (χ0v) is 15.4. The zero-order valence-electron chi connectivity index (χ0n) is 15.4. The first-order chi connectivity index (χ1) is 13.2. The molecule has 0 aromatic heterocycles. The van der Waals surface area contributed by atoms with Crippen LogP contribution in [0.5, 0.6) is 0 Å². The molecule has 1 aliphatic heterocycles. The lowest BCUT2D eigenvalue weighted by Crippen LogP contribution is -2.56. The maximum absolute atomic E-state index is 13.2. The lowest BCUT2D eigenvalue weighted by molar-refractivity contribution is -0.139. The number of hydrogen-bond acceptors (Lipinski definition) is 4. The molecule has 0 aliphatic carbocycles. The second-order valence-corrected chi connectivity index (χ2v) is 6.47. The molecule has 1 fully saturated rings. The molecule has 3 amide bonds. The van der Waals surface area contributed by atoms with Crippen molar-refractivity contribution in [1.82, 2.24) is 20.9 Å². The molecule has 0 spiro atoms. The summed E-state index contributed by atoms with van der Waals surface area (Å²) >= 11 is 0. The molecule has 1 aliphatic rings. The molecule has 7 nitrogen and oxygen atoms in total. The molecule has 2 rings (SSSR count). The largest absolute Gasteiger partial charge is 0.416 e. The van der Waals surface area contributed by atoms with Gasteiger partial charge in [-0.2, -0.15) is 13.2 Å². The summed E-state index contributed by atoms with van der Waals surface area (Å²) in [6.07, 6.45) is -4.68. The molecule has 1 aromatic carbocycles. The Bertz CT molecular complexity index is 724. The Morgan fingerprint density at radius 1 is 1.21 bits per heavy atom. The summed E-state index contributed by atoms with van der Waals surface area (Å²) in [6, 6.07) is 4.34. The molecule has 0 bridgehead atoms. The van der Waals surface area contributed by atoms with Crippen molar-refractivity contribution in [2.45, 2.75) is 32.1 Å². The minimum absolute atomic E-state index is 0.0563. The molecule has 1 unspecified atom stereocenters. The summed E-state index contributed by atoms with van der Waals surface area (Å²) < 4.78 is 39.7. The molecule has 1 heterocycles. The lowest BCUT2D eigenvalue weighted by atomic mass is 10.0. The number of amides is 3. The molecule has 1 saturated heterocycles. The monoisotopic (exact) mass is 400 g/mol. The minimum Gasteiger partial charge on any atom is -0.355 e. The third-order valence-corrected chi connectivity index (χ3v) is 4.34. The fraction of sp³-hybridized carbons (Fsp3) is 0.500. The Morgan fingerprint density at radius 2 is 1.89 bits per heavy atom. The van der Waals surface area contributed by atoms with E-state index in [1.165, 1.54) is 25.1 Å². The molecule has 28 heavy (non-hydrogen) atoms. The molecule has 1 aromatic rings. The van der Waals surface area contributed by atoms with E-state index in [2.05, 4.69) is 16.0 Å². The second kappa shape index (κ2) is 9.54. The van der Waals surface area contributed by atoms with Gasteiger partial charge >= 0.3 is 6.18 Å². The van der Waals surface area contributed by atoms with Crippen LogP contribution in [-0.4, -0.2) is 54.8 Å². The highest BCUT2D eigenvalue weighted by atomic mass is 19.4. The van der Waals surface area contributed by atoms with Crippen LogP contribution in [0.2, 0.25) is 0 Å². The number of alkyl halides is 3. The van der Waals surface area contributed by atoms with Gasteiger partial charge in [-0.25, -0.2) is 0 Å². The van der Waals surface area contributed by atoms with Crippen LogP contribution in [0.15, 0.2) is 24.3 Å². The van der Waals surface area contributed by atoms with Gasteiger partial charge in [0.05, 0.1) is 18.0 Å². The Morgan fingerprint density at radius 3 is 2.57 bits per heavy atom. The topological polar surface area (TPSA) is 90.5 Å². The quantitative estimate of drug-likeness (QED) is 0.587. The lowest BCUT2D eigenvalue weighted by Gasteiger charge is -2.35. The van der Waals surface area contributed by atoms with Crippen LogP contribution in [0.3, 0.4) is 0 Å². The highest BCUT2D eigenvalue weighted by Gasteiger charge is 2.36. The van der Waals surface area contributed by atoms with Gasteiger partial charge in [0.15, 0.2) is 0 Å². The summed E-state index contributed by atoms with van der Waals surface area (Å²) in [7, 11) is 0. The van der Waals surface area contributed by atoms with Crippen molar-refractivity contribution in [2.75, 3.05) is 26.2 Å². The van der Waals surface area contributed by atoms with E-state index in [0.29, 0.717) is 13.1 Å². The van der Waals surface area contributed by atoms with E-state index in [9.17, 15) is 27.6 Å². The molecular formula is C18H23F3N4O3. The standard InChI is InChI=1S/C18H23F3N4O3/c1-12(26)22-6-7-23-16(27)10-15-17(28)24-8-9-25(15)11-13-4-2-3-5-14(13)18(19,20)21/h2-5,15H,6-11H2,1H3,(H,22,26)(H,23,27)(H,24,28). The molecule has 0 saturated carbocycles. The fourth-order valence-corrected chi connectivity index (χ4v) is 3.01. The van der Waals surface area contributed by atoms with Crippen LogP contribution < -0.4 is 16.0 Å². The normalized spacial score (nSPS) is 17.7. The second-order valence-electron chi connectivity index (χ2n) is 6.47. The Hall–Kier alpha value is -2.62. The van der Waals surface area contributed by atoms with Crippen molar-refractivity contribution < 1.29 is 27.6 Å². The van der Waals surface area contributed by atoms with E-state index >= 15 is 0 Å². The summed E-state index contributed by atoms with van der Waals surface area (Å²) in [4.78, 5) is 36.7. The van der Waals surface area contributed by atoms with Crippen LogP contribution in [0.4, 0.5) is 13.2 Å². The predicted molar refractivity (Wildman–Crippen MR) is 95.0 cm³/mol. The number of piperazine rings is 1. The van der Waals surface area contributed by atoms with Crippen LogP contribution in [0, 0.1) is 0 Å². The Balaban J connectivity index is 2.04. The minimum atomic E-state index is -4.49. The molecule has 3 N–H and O–H groups in total. The number of hydrogen-bond donors (Lipinski definition) is 3. The fourth-order valence-electron chi connectivity index (χ4n) is 3.01. The number of benzene rings is 1. The van der Waals surface area contributed by atoms with Gasteiger partial charge in [-0.1, -0.05) is 18.2 Å². The number of rotatable bonds is 7. The van der Waals surface area contributed by atoms with Gasteiger partial charge in [0, 0.05) is 39.6 Å². The van der Waals surface area contributed by atoms with Crippen molar-refractivity contribution in [3.8, 4) is 0 Å². The van der Waals surface area contributed by atoms with Crippen molar-refractivity contribution in [3.05, 3.63) is 35.4 Å². The van der Waals surface area contributed by atoms with Crippen molar-refractivity contribution in [3.63, 3.8) is 0 Å². The average Bonchev–Trinajstić information content (AvgIpc) is 2.61. The Labute approximate surface area is 160 Å². The summed E-state index contributed by atoms with van der Waals surface area (Å²) in [5.74, 6) is -1.04. The summed E-state index contributed by atoms with van der Waals surface area (Å²) in [5.41, 5.74) is -0.694. The molecular weight excluding hydrogens is 377 g/mol. The van der Waals surface area contributed by atoms with E-state index in [4.69, 9.17) is 0 Å². The number of halogens is 3. The highest BCUT2D eigenvalue weighted by molar-refractivity contribution is 5.88. The van der Waals surface area contributed by atoms with Crippen molar-refractivity contribution in [2.24, 2.45) is 0 Å². The average molecular weight is 400 g/mol. The van der Waals surface area contributed by atoms with Crippen LogP contribution in [-0.2, 0) is 27.1 Å². The summed E-state index contributed by atoms with van der Waals surface area (Å²) in [5, 5.41) is 7.75. The van der Waals surface area contributed by atoms with Crippen molar-refractivity contribution >= 4 is 17.7 Å². The maximum atomic E-state index is 13.2. The van der Waals surface area contributed by atoms with Crippen molar-refractivity contribution in [1.29, 1.82) is 0 Å². The van der Waals surface area contributed by atoms with Gasteiger partial charge < -0.3 is 16.0 Å². The van der Waals surface area contributed by atoms with Crippen LogP contribution in [0.25, 0.3) is 0 Å². The van der Waals surface area contributed by atoms with E-state index in [1.54, 1.807) is 4.90 Å². The van der Waals surface area contributed by atoms with E-state index in [1.807, 2.05) is 0 Å². The van der Waals surface area contributed by atoms with Crippen LogP contribution in [0.1, 0.15) is 24.5 Å². The SMILES string of the molecule is CC(=O)NCCNC(=O)CC1C(=O)NCCN1Cc1ccccc1C(F)(F)F. The maximum Gasteiger partial charge on any atom is 0.416 e. The first-order valence-electron chi connectivity index (χ1n) is 8.86. The highest BCUT2D eigenvalue weighted by Crippen LogP contribution is 2.32. The smallest absolute Gasteiger partial charge is 0.355 e. The molecule has 154 valence electrons. The number of carbonyl (C=O) groups excluding carboxylic acids is 3. The number of nitrogens with one attached hydrogen (secondary N) is 3. The third-order valence-electron chi connectivity index (χ3n) is 4.34. The number of nitrogens with zero attached hydrogens (tertiary/aromatic N) is 1. The first-order valence-corrected chi connectivity index (χ1v) is 8.86. The van der Waals surface area contributed by atoms with Gasteiger partial charge in [0.25, 0.3) is 0 Å². The zero-order chi connectivity index (χ0) is 20.7. The first kappa shape index (κ1) is 21.7. The Kier molecular flexibility index (Phi) is 7.38. The van der Waals surface area contributed by atoms with Gasteiger partial charge in [0.1, 0.15) is 0 Å². The summed E-state index contributed by atoms with van der Waals surface area (Å²) in [6.45, 7) is 2.34. The molecule has 10 heteroatoms. The van der Waals surface area contributed by atoms with E-state index in [-0.39, 0.29) is 37.5 Å². The van der Waals surface area contributed by atoms with E-state index in [0.717, 1.165) is 6.07 Å². The van der Waals surface area contributed by atoms with E-state index < -0.39 is 29.6 Å².